The van der Waals surface area contributed by atoms with Gasteiger partial charge in [-0.25, -0.2) is 4.79 Å². The summed E-state index contributed by atoms with van der Waals surface area (Å²) in [5.41, 5.74) is -1.65. The second kappa shape index (κ2) is 6.12. The van der Waals surface area contributed by atoms with Crippen molar-refractivity contribution in [2.45, 2.75) is 19.4 Å². The molecule has 0 bridgehead atoms. The molecule has 11 nitrogen and oxygen atoms in total. The van der Waals surface area contributed by atoms with E-state index in [0.717, 1.165) is 24.3 Å². The maximum absolute atomic E-state index is 12.8. The van der Waals surface area contributed by atoms with Crippen LogP contribution >= 0.6 is 0 Å². The first-order valence-corrected chi connectivity index (χ1v) is 7.69. The fourth-order valence-electron chi connectivity index (χ4n) is 3.22. The van der Waals surface area contributed by atoms with Crippen molar-refractivity contribution in [3.8, 4) is 0 Å². The Bertz CT molecular complexity index is 993. The number of nitrogens with zero attached hydrogens (tertiary/aromatic N) is 3. The topological polar surface area (TPSA) is 161 Å². The van der Waals surface area contributed by atoms with Gasteiger partial charge in [-0.15, -0.1) is 0 Å². The fourth-order valence-corrected chi connectivity index (χ4v) is 3.22. The Hall–Kier alpha value is -3.89. The number of amides is 2. The molecule has 27 heavy (non-hydrogen) atoms. The fraction of sp³-hybridized carbons (Fsp3) is 0.188. The molecule has 1 aliphatic heterocycles. The molecule has 0 aliphatic carbocycles. The number of nitro groups is 2. The van der Waals surface area contributed by atoms with Crippen molar-refractivity contribution in [3.63, 3.8) is 0 Å². The standard InChI is InChI=1S/C16H11N3O8/c1-2-9(16(22)23)17-14(20)7-3-5-10(18(24)25)13-11(19(26)27)6-4-8(12(7)13)15(17)21/h3-6,9H,2H2,1H3,(H,22,23). The van der Waals surface area contributed by atoms with Gasteiger partial charge in [-0.3, -0.25) is 34.7 Å². The van der Waals surface area contributed by atoms with Crippen LogP contribution in [0, 0.1) is 20.2 Å². The monoisotopic (exact) mass is 373 g/mol. The molecule has 1 atom stereocenters. The summed E-state index contributed by atoms with van der Waals surface area (Å²) < 4.78 is 0. The molecule has 1 heterocycles. The zero-order valence-corrected chi connectivity index (χ0v) is 13.7. The van der Waals surface area contributed by atoms with Crippen molar-refractivity contribution in [3.05, 3.63) is 55.6 Å². The Labute approximate surface area is 150 Å². The van der Waals surface area contributed by atoms with Crippen molar-refractivity contribution in [1.29, 1.82) is 0 Å². The number of carboxylic acids is 1. The van der Waals surface area contributed by atoms with Crippen LogP contribution in [-0.4, -0.2) is 43.7 Å². The molecule has 1 aliphatic rings. The number of hydrogen-bond acceptors (Lipinski definition) is 7. The lowest BCUT2D eigenvalue weighted by atomic mass is 9.91. The number of carbonyl (C=O) groups excluding carboxylic acids is 2. The Morgan fingerprint density at radius 2 is 1.44 bits per heavy atom. The maximum atomic E-state index is 12.8. The van der Waals surface area contributed by atoms with Gasteiger partial charge >= 0.3 is 5.97 Å². The van der Waals surface area contributed by atoms with Crippen LogP contribution < -0.4 is 0 Å². The SMILES string of the molecule is CCC(C(=O)O)N1C(=O)c2ccc([N+](=O)[O-])c3c([N+](=O)[O-])ccc(c23)C1=O. The molecule has 0 fully saturated rings. The third kappa shape index (κ3) is 2.47. The molecule has 0 aromatic heterocycles. The Morgan fingerprint density at radius 1 is 1.00 bits per heavy atom. The number of benzene rings is 2. The smallest absolute Gasteiger partial charge is 0.326 e. The number of carboxylic acid groups (broad SMARTS) is 1. The molecular weight excluding hydrogens is 362 g/mol. The first kappa shape index (κ1) is 17.9. The Kier molecular flexibility index (Phi) is 4.06. The predicted octanol–water partition coefficient (Wildman–Crippen LogP) is 2.12. The molecule has 2 aromatic carbocycles. The number of aliphatic carboxylic acids is 1. The third-order valence-electron chi connectivity index (χ3n) is 4.39. The highest BCUT2D eigenvalue weighted by Gasteiger charge is 2.42. The van der Waals surface area contributed by atoms with Crippen LogP contribution in [0.3, 0.4) is 0 Å². The second-order valence-corrected chi connectivity index (χ2v) is 5.77. The highest BCUT2D eigenvalue weighted by molar-refractivity contribution is 6.28. The minimum Gasteiger partial charge on any atom is -0.480 e. The van der Waals surface area contributed by atoms with Crippen LogP contribution in [0.5, 0.6) is 0 Å². The molecule has 138 valence electrons. The zero-order chi connectivity index (χ0) is 20.0. The summed E-state index contributed by atoms with van der Waals surface area (Å²) in [6.07, 6.45) is -0.0503. The average molecular weight is 373 g/mol. The van der Waals surface area contributed by atoms with Crippen molar-refractivity contribution in [2.24, 2.45) is 0 Å². The zero-order valence-electron chi connectivity index (χ0n) is 13.7. The maximum Gasteiger partial charge on any atom is 0.326 e. The number of rotatable bonds is 5. The van der Waals surface area contributed by atoms with Gasteiger partial charge in [0.2, 0.25) is 0 Å². The van der Waals surface area contributed by atoms with E-state index in [1.54, 1.807) is 0 Å². The summed E-state index contributed by atoms with van der Waals surface area (Å²) in [7, 11) is 0. The second-order valence-electron chi connectivity index (χ2n) is 5.77. The Balaban J connectivity index is 2.41. The van der Waals surface area contributed by atoms with Crippen LogP contribution in [0.4, 0.5) is 11.4 Å². The van der Waals surface area contributed by atoms with Crippen molar-refractivity contribution in [2.75, 3.05) is 0 Å². The van der Waals surface area contributed by atoms with E-state index in [0.29, 0.717) is 4.90 Å². The van der Waals surface area contributed by atoms with Crippen molar-refractivity contribution in [1.82, 2.24) is 4.90 Å². The molecule has 0 saturated carbocycles. The molecular formula is C16H11N3O8. The predicted molar refractivity (Wildman–Crippen MR) is 89.5 cm³/mol. The van der Waals surface area contributed by atoms with E-state index >= 15 is 0 Å². The summed E-state index contributed by atoms with van der Waals surface area (Å²) in [5, 5.41) is 31.3. The van der Waals surface area contributed by atoms with Crippen LogP contribution in [0.15, 0.2) is 24.3 Å². The first-order chi connectivity index (χ1) is 12.7. The molecule has 11 heteroatoms. The lowest BCUT2D eigenvalue weighted by Crippen LogP contribution is -2.50. The van der Waals surface area contributed by atoms with E-state index in [-0.39, 0.29) is 22.9 Å². The van der Waals surface area contributed by atoms with E-state index in [1.807, 2.05) is 0 Å². The molecule has 3 rings (SSSR count). The number of carbonyl (C=O) groups is 3. The van der Waals surface area contributed by atoms with Gasteiger partial charge in [0, 0.05) is 28.6 Å². The van der Waals surface area contributed by atoms with Crippen molar-refractivity contribution < 1.29 is 29.3 Å². The highest BCUT2D eigenvalue weighted by Crippen LogP contribution is 2.41. The summed E-state index contributed by atoms with van der Waals surface area (Å²) in [6.45, 7) is 1.48. The van der Waals surface area contributed by atoms with E-state index in [4.69, 9.17) is 0 Å². The minimum atomic E-state index is -1.43. The molecule has 1 N–H and O–H groups in total. The quantitative estimate of drug-likeness (QED) is 0.473. The Morgan fingerprint density at radius 3 is 1.78 bits per heavy atom. The van der Waals surface area contributed by atoms with Crippen LogP contribution in [-0.2, 0) is 4.79 Å². The van der Waals surface area contributed by atoms with E-state index < -0.39 is 50.4 Å². The van der Waals surface area contributed by atoms with Gasteiger partial charge in [0.05, 0.1) is 9.85 Å². The molecule has 0 spiro atoms. The normalized spacial score (nSPS) is 14.3. The number of nitro benzene ring substituents is 2. The lowest BCUT2D eigenvalue weighted by Gasteiger charge is -2.30. The first-order valence-electron chi connectivity index (χ1n) is 7.69. The van der Waals surface area contributed by atoms with Gasteiger partial charge in [0.15, 0.2) is 0 Å². The molecule has 2 amide bonds. The van der Waals surface area contributed by atoms with Gasteiger partial charge < -0.3 is 5.11 Å². The van der Waals surface area contributed by atoms with E-state index in [1.165, 1.54) is 6.92 Å². The summed E-state index contributed by atoms with van der Waals surface area (Å²) >= 11 is 0. The average Bonchev–Trinajstić information content (AvgIpc) is 2.61. The van der Waals surface area contributed by atoms with Gasteiger partial charge in [0.25, 0.3) is 23.2 Å². The van der Waals surface area contributed by atoms with Gasteiger partial charge in [-0.05, 0) is 18.6 Å². The number of hydrogen-bond donors (Lipinski definition) is 1. The summed E-state index contributed by atoms with van der Waals surface area (Å²) in [5.74, 6) is -3.33. The van der Waals surface area contributed by atoms with Gasteiger partial charge in [-0.2, -0.15) is 0 Å². The molecule has 0 saturated heterocycles. The lowest BCUT2D eigenvalue weighted by molar-refractivity contribution is -0.390. The summed E-state index contributed by atoms with van der Waals surface area (Å²) in [6, 6.07) is 2.58. The highest BCUT2D eigenvalue weighted by atomic mass is 16.6. The van der Waals surface area contributed by atoms with Crippen LogP contribution in [0.25, 0.3) is 10.8 Å². The molecule has 2 aromatic rings. The number of non-ortho nitro benzene ring substituents is 2. The van der Waals surface area contributed by atoms with Crippen molar-refractivity contribution >= 4 is 39.9 Å². The van der Waals surface area contributed by atoms with Gasteiger partial charge in [0.1, 0.15) is 11.4 Å². The van der Waals surface area contributed by atoms with Crippen LogP contribution in [0.1, 0.15) is 34.1 Å². The van der Waals surface area contributed by atoms with Gasteiger partial charge in [-0.1, -0.05) is 6.92 Å². The largest absolute Gasteiger partial charge is 0.480 e. The molecule has 0 radical (unpaired) electrons. The van der Waals surface area contributed by atoms with E-state index in [2.05, 4.69) is 0 Å². The summed E-state index contributed by atoms with van der Waals surface area (Å²) in [4.78, 5) is 58.5. The number of imide groups is 1. The van der Waals surface area contributed by atoms with Crippen LogP contribution in [0.2, 0.25) is 0 Å². The minimum absolute atomic E-state index is 0.0503. The third-order valence-corrected chi connectivity index (χ3v) is 4.39. The van der Waals surface area contributed by atoms with E-state index in [9.17, 15) is 39.7 Å². The molecule has 1 unspecified atom stereocenters.